The number of hydrogen-bond donors (Lipinski definition) is 4. The lowest BCUT2D eigenvalue weighted by Gasteiger charge is -2.21. The Morgan fingerprint density at radius 1 is 0.248 bits per heavy atom. The monoisotopic (exact) mass is 1680 g/mol. The lowest BCUT2D eigenvalue weighted by molar-refractivity contribution is -0.161. The van der Waals surface area contributed by atoms with E-state index in [1.165, 1.54) is 148 Å². The Morgan fingerprint density at radius 2 is 0.453 bits per heavy atom. The molecule has 117 heavy (non-hydrogen) atoms. The summed E-state index contributed by atoms with van der Waals surface area (Å²) in [7, 11) is -9.81. The van der Waals surface area contributed by atoms with Gasteiger partial charge in [-0.3, -0.25) is 32.5 Å². The van der Waals surface area contributed by atoms with Crippen LogP contribution in [0.3, 0.4) is 0 Å². The zero-order valence-electron chi connectivity index (χ0n) is 73.8. The topological polar surface area (TPSA) is 231 Å². The predicted octanol–water partition coefficient (Wildman–Crippen LogP) is 28.7. The van der Waals surface area contributed by atoms with Gasteiger partial charge in [0.25, 0.3) is 0 Å². The minimum Gasteiger partial charge on any atom is -0.463 e. The number of rotatable bonds is 87. The van der Waals surface area contributed by atoms with Crippen LogP contribution in [-0.4, -0.2) is 95.9 Å². The molecule has 0 amide bonds. The van der Waals surface area contributed by atoms with Crippen LogP contribution >= 0.6 is 15.6 Å². The van der Waals surface area contributed by atoms with Crippen molar-refractivity contribution in [1.29, 1.82) is 0 Å². The molecule has 5 unspecified atom stereocenters. The van der Waals surface area contributed by atoms with Gasteiger partial charge in [-0.1, -0.05) is 377 Å². The molecule has 16 nitrogen and oxygen atoms in total. The summed E-state index contributed by atoms with van der Waals surface area (Å²) in [6.07, 6.45) is 117. The van der Waals surface area contributed by atoms with E-state index in [2.05, 4.69) is 191 Å². The number of allylic oxidation sites excluding steroid dienone is 28. The van der Waals surface area contributed by atoms with Crippen LogP contribution in [0.1, 0.15) is 380 Å². The molecule has 0 aliphatic carbocycles. The van der Waals surface area contributed by atoms with Gasteiger partial charge in [0.2, 0.25) is 0 Å². The van der Waals surface area contributed by atoms with Crippen LogP contribution in [-0.2, 0) is 55.8 Å². The molecular formula is C99H168O16P2. The lowest BCUT2D eigenvalue weighted by atomic mass is 10.0. The highest BCUT2D eigenvalue weighted by Gasteiger charge is 2.29. The van der Waals surface area contributed by atoms with Crippen molar-refractivity contribution in [3.8, 4) is 0 Å². The number of carbonyl (C=O) groups is 3. The van der Waals surface area contributed by atoms with E-state index in [1.807, 2.05) is 0 Å². The second kappa shape index (κ2) is 90.2. The summed E-state index contributed by atoms with van der Waals surface area (Å²) in [5, 5.41) is 20.7. The van der Waals surface area contributed by atoms with Crippen molar-refractivity contribution in [2.75, 3.05) is 39.6 Å². The second-order valence-electron chi connectivity index (χ2n) is 30.7. The van der Waals surface area contributed by atoms with Crippen molar-refractivity contribution >= 4 is 33.6 Å². The van der Waals surface area contributed by atoms with Crippen LogP contribution in [0.4, 0.5) is 0 Å². The number of aliphatic hydroxyl groups is 2. The van der Waals surface area contributed by atoms with Gasteiger partial charge in [-0.2, -0.15) is 0 Å². The molecule has 0 saturated carbocycles. The van der Waals surface area contributed by atoms with Gasteiger partial charge >= 0.3 is 33.6 Å². The first-order valence-corrected chi connectivity index (χ1v) is 49.4. The molecule has 0 aliphatic rings. The minimum absolute atomic E-state index is 0.0875. The third-order valence-electron chi connectivity index (χ3n) is 19.4. The Morgan fingerprint density at radius 3 is 0.718 bits per heavy atom. The lowest BCUT2D eigenvalue weighted by Crippen LogP contribution is -2.30. The Hall–Kier alpha value is -5.09. The van der Waals surface area contributed by atoms with Crippen molar-refractivity contribution in [2.24, 2.45) is 0 Å². The summed E-state index contributed by atoms with van der Waals surface area (Å²) >= 11 is 0. The molecule has 0 radical (unpaired) electrons. The molecule has 0 aromatic rings. The molecule has 0 aromatic carbocycles. The van der Waals surface area contributed by atoms with Crippen molar-refractivity contribution in [3.05, 3.63) is 170 Å². The quantitative estimate of drug-likeness (QED) is 0.0146. The largest absolute Gasteiger partial charge is 0.472 e. The second-order valence-corrected chi connectivity index (χ2v) is 33.6. The van der Waals surface area contributed by atoms with E-state index in [0.29, 0.717) is 19.3 Å². The van der Waals surface area contributed by atoms with Crippen molar-refractivity contribution in [1.82, 2.24) is 0 Å². The van der Waals surface area contributed by atoms with Gasteiger partial charge in [-0.25, -0.2) is 9.13 Å². The van der Waals surface area contributed by atoms with Crippen molar-refractivity contribution < 1.29 is 75.8 Å². The van der Waals surface area contributed by atoms with Crippen LogP contribution < -0.4 is 0 Å². The van der Waals surface area contributed by atoms with Gasteiger partial charge < -0.3 is 34.2 Å². The maximum absolute atomic E-state index is 13.1. The van der Waals surface area contributed by atoms with Crippen LogP contribution in [0.25, 0.3) is 0 Å². The van der Waals surface area contributed by atoms with E-state index in [-0.39, 0.29) is 19.3 Å². The molecule has 0 fully saturated rings. The molecule has 0 spiro atoms. The first-order valence-electron chi connectivity index (χ1n) is 46.4. The molecule has 0 bridgehead atoms. The van der Waals surface area contributed by atoms with Gasteiger partial charge in [-0.15, -0.1) is 0 Å². The number of unbranched alkanes of at least 4 members (excludes halogenated alkanes) is 36. The van der Waals surface area contributed by atoms with E-state index < -0.39 is 91.5 Å². The maximum Gasteiger partial charge on any atom is 0.472 e. The average molecular weight is 1680 g/mol. The third-order valence-corrected chi connectivity index (χ3v) is 21.3. The summed E-state index contributed by atoms with van der Waals surface area (Å²) < 4.78 is 61.5. The highest BCUT2D eigenvalue weighted by Crippen LogP contribution is 2.45. The molecule has 670 valence electrons. The Kier molecular flexibility index (Phi) is 86.2. The summed E-state index contributed by atoms with van der Waals surface area (Å²) in [4.78, 5) is 59.0. The molecule has 0 rings (SSSR count). The van der Waals surface area contributed by atoms with E-state index in [4.69, 9.17) is 32.3 Å². The predicted molar refractivity (Wildman–Crippen MR) is 491 cm³/mol. The Balaban J connectivity index is 4.57. The highest BCUT2D eigenvalue weighted by molar-refractivity contribution is 7.47. The van der Waals surface area contributed by atoms with Crippen molar-refractivity contribution in [2.45, 2.75) is 399 Å². The number of phosphoric acid groups is 2. The minimum atomic E-state index is -4.95. The molecular weight excluding hydrogens is 1510 g/mol. The standard InChI is InChI=1S/C99H168O16P2/c1-4-7-10-13-16-19-22-25-28-31-34-36-38-40-42-44-46-48-50-52-54-56-59-61-64-67-70-73-76-79-82-85-97(102)109-88-94(100)89-111-116(105,106)112-90-95(101)91-113-117(107,108)114-93-96(115-99(104)87-84-81-78-75-72-69-66-63-58-33-30-27-24-21-18-15-12-9-6-3)92-110-98(103)86-83-80-77-74-71-68-65-62-60-57-55-53-51-49-47-45-43-41-39-37-35-32-29-26-23-20-17-14-11-8-5-2/h7-8,10-11,16-21,25-30,34-37,40-43,46,48,58,63,94-96,100-101H,4-6,9,12-15,22-24,31-33,38-39,44-45,47,49-57,59-62,64-93H2,1-3H3,(H,105,106)(H,107,108)/b10-7-,11-8-,19-16-,20-17-,21-18-,28-25-,29-26-,30-27-,36-34-,37-35-,42-40-,43-41-,48-46-,63-58-. The SMILES string of the molecule is CC/C=C\C/C=C\C/C=C\C/C=C\C/C=C\C/C=C\CCCCCCCCCCCCCCC(=O)OCC(O)COP(=O)(O)OCC(O)COP(=O)(O)OCC(COC(=O)CCCCCCCCCCCCCCCCC/C=C\C/C=C\C/C=C\C/C=C\C/C=C\CC)OC(=O)CCCCCCCC/C=C\C/C=C\C/C=C\CCCCC. The van der Waals surface area contributed by atoms with Crippen LogP contribution in [0, 0.1) is 0 Å². The number of carbonyl (C=O) groups excluding carboxylic acids is 3. The summed E-state index contributed by atoms with van der Waals surface area (Å²) in [6.45, 7) is 2.45. The summed E-state index contributed by atoms with van der Waals surface area (Å²) in [5.74, 6) is -1.58. The van der Waals surface area contributed by atoms with Crippen molar-refractivity contribution in [3.63, 3.8) is 0 Å². The van der Waals surface area contributed by atoms with E-state index in [0.717, 1.165) is 173 Å². The zero-order chi connectivity index (χ0) is 85.1. The first-order chi connectivity index (χ1) is 57.2. The Labute approximate surface area is 713 Å². The first kappa shape index (κ1) is 112. The maximum atomic E-state index is 13.1. The van der Waals surface area contributed by atoms with E-state index >= 15 is 0 Å². The normalized spacial score (nSPS) is 14.6. The van der Waals surface area contributed by atoms with Gasteiger partial charge in [-0.05, 0) is 154 Å². The van der Waals surface area contributed by atoms with Crippen LogP contribution in [0.5, 0.6) is 0 Å². The van der Waals surface area contributed by atoms with Gasteiger partial charge in [0.05, 0.1) is 26.4 Å². The van der Waals surface area contributed by atoms with Gasteiger partial charge in [0.15, 0.2) is 6.10 Å². The van der Waals surface area contributed by atoms with Gasteiger partial charge in [0, 0.05) is 19.3 Å². The average Bonchev–Trinajstić information content (AvgIpc) is 0.891. The number of ether oxygens (including phenoxy) is 3. The highest BCUT2D eigenvalue weighted by atomic mass is 31.2. The number of phosphoric ester groups is 2. The molecule has 0 aromatic heterocycles. The van der Waals surface area contributed by atoms with E-state index in [1.54, 1.807) is 0 Å². The number of esters is 3. The van der Waals surface area contributed by atoms with Gasteiger partial charge in [0.1, 0.15) is 25.4 Å². The fourth-order valence-electron chi connectivity index (χ4n) is 12.4. The molecule has 0 heterocycles. The molecule has 4 N–H and O–H groups in total. The molecule has 0 aliphatic heterocycles. The molecule has 18 heteroatoms. The zero-order valence-corrected chi connectivity index (χ0v) is 75.6. The number of aliphatic hydroxyl groups excluding tert-OH is 2. The molecule has 5 atom stereocenters. The fourth-order valence-corrected chi connectivity index (χ4v) is 14.0. The third kappa shape index (κ3) is 91.5. The fraction of sp³-hybridized carbons (Fsp3) is 0.687. The van der Waals surface area contributed by atoms with E-state index in [9.17, 15) is 43.5 Å². The Bertz CT molecular complexity index is 2810. The van der Waals surface area contributed by atoms with Crippen LogP contribution in [0.15, 0.2) is 170 Å². The summed E-state index contributed by atoms with van der Waals surface area (Å²) in [5.41, 5.74) is 0. The summed E-state index contributed by atoms with van der Waals surface area (Å²) in [6, 6.07) is 0. The number of hydrogen-bond acceptors (Lipinski definition) is 14. The molecule has 0 saturated heterocycles. The van der Waals surface area contributed by atoms with Crippen LogP contribution in [0.2, 0.25) is 0 Å². The smallest absolute Gasteiger partial charge is 0.463 e.